The monoisotopic (exact) mass is 283 g/mol. The second kappa shape index (κ2) is 5.30. The lowest BCUT2D eigenvalue weighted by molar-refractivity contribution is -0.137. The Morgan fingerprint density at radius 3 is 2.84 bits per heavy atom. The van der Waals surface area contributed by atoms with Crippen LogP contribution in [0.25, 0.3) is 0 Å². The summed E-state index contributed by atoms with van der Waals surface area (Å²) in [5, 5.41) is 8.85. The number of carbonyl (C=O) groups is 1. The molecule has 1 heterocycles. The van der Waals surface area contributed by atoms with Gasteiger partial charge < -0.3 is 5.11 Å². The molecule has 1 atom stereocenters. The molecule has 1 saturated heterocycles. The minimum absolute atomic E-state index is 0.134. The summed E-state index contributed by atoms with van der Waals surface area (Å²) in [5.74, 6) is -0.962. The molecule has 6 heteroatoms. The van der Waals surface area contributed by atoms with Gasteiger partial charge in [0.25, 0.3) is 0 Å². The van der Waals surface area contributed by atoms with Crippen LogP contribution in [0.2, 0.25) is 0 Å². The number of hydrogen-bond donors (Lipinski definition) is 1. The number of rotatable bonds is 4. The lowest BCUT2D eigenvalue weighted by atomic mass is 10.2. The fourth-order valence-electron chi connectivity index (χ4n) is 2.44. The third-order valence-corrected chi connectivity index (χ3v) is 5.28. The fourth-order valence-corrected chi connectivity index (χ4v) is 4.24. The van der Waals surface area contributed by atoms with Crippen LogP contribution in [-0.2, 0) is 14.8 Å². The number of benzene rings is 1. The van der Waals surface area contributed by atoms with Crippen LogP contribution in [0.4, 0.5) is 0 Å². The van der Waals surface area contributed by atoms with Crippen LogP contribution >= 0.6 is 0 Å². The summed E-state index contributed by atoms with van der Waals surface area (Å²) < 4.78 is 26.4. The summed E-state index contributed by atoms with van der Waals surface area (Å²) in [5.41, 5.74) is 0.870. The molecule has 1 N–H and O–H groups in total. The Hall–Kier alpha value is -1.40. The Morgan fingerprint density at radius 2 is 2.21 bits per heavy atom. The normalized spacial score (nSPS) is 20.6. The molecule has 1 unspecified atom stereocenters. The van der Waals surface area contributed by atoms with E-state index in [9.17, 15) is 13.2 Å². The van der Waals surface area contributed by atoms with Crippen molar-refractivity contribution >= 4 is 16.0 Å². The van der Waals surface area contributed by atoms with E-state index in [0.29, 0.717) is 19.4 Å². The molecular weight excluding hydrogens is 266 g/mol. The molecule has 1 aromatic carbocycles. The molecule has 0 aliphatic carbocycles. The lowest BCUT2D eigenvalue weighted by Crippen LogP contribution is -2.36. The van der Waals surface area contributed by atoms with E-state index in [1.807, 2.05) is 13.0 Å². The van der Waals surface area contributed by atoms with Crippen molar-refractivity contribution < 1.29 is 18.3 Å². The molecule has 0 spiro atoms. The minimum atomic E-state index is -3.59. The minimum Gasteiger partial charge on any atom is -0.481 e. The highest BCUT2D eigenvalue weighted by Gasteiger charge is 2.36. The van der Waals surface area contributed by atoms with Gasteiger partial charge in [0.2, 0.25) is 10.0 Å². The van der Waals surface area contributed by atoms with E-state index in [2.05, 4.69) is 0 Å². The van der Waals surface area contributed by atoms with Gasteiger partial charge >= 0.3 is 5.97 Å². The van der Waals surface area contributed by atoms with Gasteiger partial charge in [-0.05, 0) is 37.5 Å². The molecule has 1 aliphatic rings. The predicted molar refractivity (Wildman–Crippen MR) is 70.3 cm³/mol. The number of carboxylic acids is 1. The smallest absolute Gasteiger partial charge is 0.304 e. The van der Waals surface area contributed by atoms with Crippen molar-refractivity contribution in [2.24, 2.45) is 0 Å². The molecule has 0 amide bonds. The number of sulfonamides is 1. The van der Waals surface area contributed by atoms with Gasteiger partial charge in [-0.3, -0.25) is 4.79 Å². The average Bonchev–Trinajstić information content (AvgIpc) is 2.77. The summed E-state index contributed by atoms with van der Waals surface area (Å²) in [7, 11) is -3.59. The van der Waals surface area contributed by atoms with Crippen molar-refractivity contribution in [1.82, 2.24) is 4.31 Å². The van der Waals surface area contributed by atoms with E-state index in [4.69, 9.17) is 5.11 Å². The Balaban J connectivity index is 2.31. The van der Waals surface area contributed by atoms with Crippen molar-refractivity contribution in [2.75, 3.05) is 6.54 Å². The Bertz CT molecular complexity index is 582. The highest BCUT2D eigenvalue weighted by molar-refractivity contribution is 7.89. The third-order valence-electron chi connectivity index (χ3n) is 3.33. The van der Waals surface area contributed by atoms with Gasteiger partial charge in [0.05, 0.1) is 11.3 Å². The van der Waals surface area contributed by atoms with Crippen molar-refractivity contribution in [2.45, 2.75) is 37.1 Å². The molecule has 1 fully saturated rings. The van der Waals surface area contributed by atoms with Crippen LogP contribution in [0.1, 0.15) is 24.8 Å². The number of aliphatic carboxylic acids is 1. The summed E-state index contributed by atoms with van der Waals surface area (Å²) in [6, 6.07) is 6.27. The first kappa shape index (κ1) is 14.0. The zero-order valence-corrected chi connectivity index (χ0v) is 11.6. The molecule has 0 radical (unpaired) electrons. The quantitative estimate of drug-likeness (QED) is 0.911. The van der Waals surface area contributed by atoms with Gasteiger partial charge in [-0.25, -0.2) is 8.42 Å². The molecule has 104 valence electrons. The van der Waals surface area contributed by atoms with Gasteiger partial charge in [-0.15, -0.1) is 0 Å². The Morgan fingerprint density at radius 1 is 1.47 bits per heavy atom. The Labute approximate surface area is 112 Å². The van der Waals surface area contributed by atoms with E-state index in [1.165, 1.54) is 4.31 Å². The zero-order valence-electron chi connectivity index (χ0n) is 10.7. The summed E-state index contributed by atoms with van der Waals surface area (Å²) in [6.07, 6.45) is 1.19. The van der Waals surface area contributed by atoms with Crippen LogP contribution in [0, 0.1) is 6.92 Å². The van der Waals surface area contributed by atoms with Crippen LogP contribution < -0.4 is 0 Å². The van der Waals surface area contributed by atoms with Crippen LogP contribution in [0.15, 0.2) is 29.2 Å². The number of aryl methyl sites for hydroxylation is 1. The van der Waals surface area contributed by atoms with Crippen molar-refractivity contribution in [1.29, 1.82) is 0 Å². The zero-order chi connectivity index (χ0) is 14.0. The predicted octanol–water partition coefficient (Wildman–Crippen LogP) is 1.62. The van der Waals surface area contributed by atoms with E-state index in [-0.39, 0.29) is 11.3 Å². The van der Waals surface area contributed by atoms with Gasteiger partial charge in [0, 0.05) is 12.6 Å². The van der Waals surface area contributed by atoms with Crippen molar-refractivity contribution in [3.8, 4) is 0 Å². The van der Waals surface area contributed by atoms with Gasteiger partial charge in [0.15, 0.2) is 0 Å². The van der Waals surface area contributed by atoms with Gasteiger partial charge in [-0.2, -0.15) is 4.31 Å². The van der Waals surface area contributed by atoms with Gasteiger partial charge in [0.1, 0.15) is 0 Å². The van der Waals surface area contributed by atoms with E-state index >= 15 is 0 Å². The number of hydrogen-bond acceptors (Lipinski definition) is 3. The number of carboxylic acid groups (broad SMARTS) is 1. The molecule has 5 nitrogen and oxygen atoms in total. The average molecular weight is 283 g/mol. The first-order chi connectivity index (χ1) is 8.91. The van der Waals surface area contributed by atoms with Crippen molar-refractivity contribution in [3.05, 3.63) is 29.8 Å². The number of nitrogens with zero attached hydrogens (tertiary/aromatic N) is 1. The first-order valence-corrected chi connectivity index (χ1v) is 7.65. The molecule has 2 rings (SSSR count). The lowest BCUT2D eigenvalue weighted by Gasteiger charge is -2.23. The molecule has 0 bridgehead atoms. The standard InChI is InChI=1S/C13H17NO4S/c1-10-4-2-6-12(8-10)19(17,18)14-7-3-5-11(14)9-13(15)16/h2,4,6,8,11H,3,5,7,9H2,1H3,(H,15,16). The molecule has 1 aromatic rings. The Kier molecular flexibility index (Phi) is 3.91. The topological polar surface area (TPSA) is 74.7 Å². The first-order valence-electron chi connectivity index (χ1n) is 6.21. The maximum Gasteiger partial charge on any atom is 0.304 e. The SMILES string of the molecule is Cc1cccc(S(=O)(=O)N2CCCC2CC(=O)O)c1. The largest absolute Gasteiger partial charge is 0.481 e. The summed E-state index contributed by atoms with van der Waals surface area (Å²) in [4.78, 5) is 11.0. The van der Waals surface area contributed by atoms with Crippen LogP contribution in [-0.4, -0.2) is 36.4 Å². The fraction of sp³-hybridized carbons (Fsp3) is 0.462. The molecule has 0 aromatic heterocycles. The summed E-state index contributed by atoms with van der Waals surface area (Å²) in [6.45, 7) is 2.23. The van der Waals surface area contributed by atoms with E-state index in [0.717, 1.165) is 5.56 Å². The highest BCUT2D eigenvalue weighted by Crippen LogP contribution is 2.28. The molecule has 1 aliphatic heterocycles. The molecule has 0 saturated carbocycles. The van der Waals surface area contributed by atoms with Crippen molar-refractivity contribution in [3.63, 3.8) is 0 Å². The molecular formula is C13H17NO4S. The van der Waals surface area contributed by atoms with E-state index in [1.54, 1.807) is 18.2 Å². The van der Waals surface area contributed by atoms with E-state index < -0.39 is 22.0 Å². The second-order valence-corrected chi connectivity index (χ2v) is 6.72. The second-order valence-electron chi connectivity index (χ2n) is 4.83. The maximum absolute atomic E-state index is 12.5. The molecule has 19 heavy (non-hydrogen) atoms. The third kappa shape index (κ3) is 2.96. The summed E-state index contributed by atoms with van der Waals surface area (Å²) >= 11 is 0. The van der Waals surface area contributed by atoms with Gasteiger partial charge in [-0.1, -0.05) is 12.1 Å². The maximum atomic E-state index is 12.5. The van der Waals surface area contributed by atoms with Crippen LogP contribution in [0.5, 0.6) is 0 Å². The highest BCUT2D eigenvalue weighted by atomic mass is 32.2. The van der Waals surface area contributed by atoms with Crippen LogP contribution in [0.3, 0.4) is 0 Å².